The molecule has 1 unspecified atom stereocenters. The summed E-state index contributed by atoms with van der Waals surface area (Å²) in [6, 6.07) is 12.4. The molecule has 1 N–H and O–H groups in total. The molecule has 0 aromatic heterocycles. The fourth-order valence-electron chi connectivity index (χ4n) is 3.86. The number of nitrogens with zero attached hydrogens (tertiary/aromatic N) is 1. The van der Waals surface area contributed by atoms with Gasteiger partial charge in [-0.15, -0.1) is 0 Å². The zero-order chi connectivity index (χ0) is 21.8. The third-order valence-electron chi connectivity index (χ3n) is 5.27. The van der Waals surface area contributed by atoms with Crippen molar-refractivity contribution in [2.75, 3.05) is 13.2 Å². The van der Waals surface area contributed by atoms with E-state index in [1.165, 1.54) is 0 Å². The number of likely N-dealkylation sites (tertiary alicyclic amines) is 1. The molecular formula is C25H29NO4. The van der Waals surface area contributed by atoms with Crippen LogP contribution in [0.1, 0.15) is 55.0 Å². The third kappa shape index (κ3) is 4.11. The van der Waals surface area contributed by atoms with Crippen LogP contribution in [0.4, 0.5) is 0 Å². The lowest BCUT2D eigenvalue weighted by Gasteiger charge is -2.25. The minimum atomic E-state index is -0.642. The van der Waals surface area contributed by atoms with E-state index in [-0.39, 0.29) is 11.3 Å². The van der Waals surface area contributed by atoms with Crippen LogP contribution in [0.2, 0.25) is 0 Å². The average Bonchev–Trinajstić information content (AvgIpc) is 2.97. The first-order chi connectivity index (χ1) is 14.4. The Labute approximate surface area is 178 Å². The van der Waals surface area contributed by atoms with Crippen LogP contribution in [0.25, 0.3) is 5.76 Å². The number of benzene rings is 2. The van der Waals surface area contributed by atoms with Crippen LogP contribution in [-0.4, -0.2) is 34.8 Å². The molecule has 0 bridgehead atoms. The van der Waals surface area contributed by atoms with Crippen molar-refractivity contribution >= 4 is 17.4 Å². The summed E-state index contributed by atoms with van der Waals surface area (Å²) in [5.74, 6) is -0.611. The highest BCUT2D eigenvalue weighted by molar-refractivity contribution is 6.46. The van der Waals surface area contributed by atoms with E-state index in [0.717, 1.165) is 35.3 Å². The molecule has 3 rings (SSSR count). The van der Waals surface area contributed by atoms with Crippen molar-refractivity contribution in [2.24, 2.45) is 0 Å². The van der Waals surface area contributed by atoms with Gasteiger partial charge >= 0.3 is 0 Å². The number of hydrogen-bond acceptors (Lipinski definition) is 4. The van der Waals surface area contributed by atoms with Gasteiger partial charge in [-0.25, -0.2) is 0 Å². The fraction of sp³-hybridized carbons (Fsp3) is 0.360. The van der Waals surface area contributed by atoms with E-state index in [2.05, 4.69) is 0 Å². The van der Waals surface area contributed by atoms with Gasteiger partial charge in [-0.1, -0.05) is 43.7 Å². The molecule has 5 heteroatoms. The van der Waals surface area contributed by atoms with Gasteiger partial charge in [-0.2, -0.15) is 0 Å². The van der Waals surface area contributed by atoms with Crippen LogP contribution in [0.3, 0.4) is 0 Å². The van der Waals surface area contributed by atoms with Crippen molar-refractivity contribution in [3.63, 3.8) is 0 Å². The number of aliphatic hydroxyl groups excluding tert-OH is 1. The van der Waals surface area contributed by atoms with Crippen molar-refractivity contribution in [2.45, 2.75) is 46.6 Å². The number of Topliss-reactive ketones (excluding diaryl/α,β-unsaturated/α-hetero) is 1. The maximum atomic E-state index is 12.9. The number of carbonyl (C=O) groups excluding carboxylic acids is 2. The molecule has 5 nitrogen and oxygen atoms in total. The zero-order valence-corrected chi connectivity index (χ0v) is 18.1. The van der Waals surface area contributed by atoms with Crippen LogP contribution < -0.4 is 4.74 Å². The lowest BCUT2D eigenvalue weighted by atomic mass is 9.94. The number of ketones is 1. The Kier molecular flexibility index (Phi) is 6.60. The minimum Gasteiger partial charge on any atom is -0.507 e. The standard InChI is InChI=1S/C25H29NO4/c1-5-12-26-22(18-9-7-8-16(3)14-18)21(24(28)25(26)29)23(27)19-10-11-20(17(4)15-19)30-13-6-2/h7-11,14-15,22,27H,5-6,12-13H2,1-4H3/b23-21-. The normalized spacial score (nSPS) is 18.1. The maximum Gasteiger partial charge on any atom is 0.295 e. The molecule has 0 saturated carbocycles. The van der Waals surface area contributed by atoms with Gasteiger partial charge in [-0.3, -0.25) is 9.59 Å². The highest BCUT2D eigenvalue weighted by Gasteiger charge is 2.45. The first kappa shape index (κ1) is 21.6. The molecule has 1 saturated heterocycles. The minimum absolute atomic E-state index is 0.140. The number of ether oxygens (including phenoxy) is 1. The van der Waals surface area contributed by atoms with Gasteiger partial charge in [0.15, 0.2) is 0 Å². The number of aryl methyl sites for hydroxylation is 2. The predicted octanol–water partition coefficient (Wildman–Crippen LogP) is 4.92. The summed E-state index contributed by atoms with van der Waals surface area (Å²) in [6.07, 6.45) is 1.62. The molecular weight excluding hydrogens is 378 g/mol. The van der Waals surface area contributed by atoms with Crippen molar-refractivity contribution in [3.8, 4) is 5.75 Å². The van der Waals surface area contributed by atoms with Gasteiger partial charge in [0.1, 0.15) is 11.5 Å². The molecule has 1 aliphatic heterocycles. The number of rotatable bonds is 7. The van der Waals surface area contributed by atoms with E-state index < -0.39 is 17.7 Å². The topological polar surface area (TPSA) is 66.8 Å². The molecule has 1 fully saturated rings. The summed E-state index contributed by atoms with van der Waals surface area (Å²) >= 11 is 0. The number of aliphatic hydroxyl groups is 1. The summed E-state index contributed by atoms with van der Waals surface area (Å²) in [5, 5.41) is 11.1. The summed E-state index contributed by atoms with van der Waals surface area (Å²) in [4.78, 5) is 27.3. The Hall–Kier alpha value is -3.08. The van der Waals surface area contributed by atoms with E-state index in [4.69, 9.17) is 4.74 Å². The van der Waals surface area contributed by atoms with E-state index in [1.807, 2.05) is 52.0 Å². The lowest BCUT2D eigenvalue weighted by molar-refractivity contribution is -0.139. The SMILES string of the molecule is CCCOc1ccc(/C(O)=C2/C(=O)C(=O)N(CCC)C2c2cccc(C)c2)cc1C. The monoisotopic (exact) mass is 407 g/mol. The molecule has 0 spiro atoms. The first-order valence-corrected chi connectivity index (χ1v) is 10.5. The summed E-state index contributed by atoms with van der Waals surface area (Å²) in [5.41, 5.74) is 3.36. The van der Waals surface area contributed by atoms with Crippen molar-refractivity contribution in [1.82, 2.24) is 4.90 Å². The second-order valence-electron chi connectivity index (χ2n) is 7.74. The van der Waals surface area contributed by atoms with E-state index in [1.54, 1.807) is 23.1 Å². The van der Waals surface area contributed by atoms with Gasteiger partial charge in [0.25, 0.3) is 11.7 Å². The highest BCUT2D eigenvalue weighted by Crippen LogP contribution is 2.40. The Morgan fingerprint density at radius 3 is 2.47 bits per heavy atom. The maximum absolute atomic E-state index is 12.9. The van der Waals surface area contributed by atoms with Crippen molar-refractivity contribution in [3.05, 3.63) is 70.3 Å². The van der Waals surface area contributed by atoms with Gasteiger partial charge in [-0.05, 0) is 56.0 Å². The molecule has 0 radical (unpaired) electrons. The average molecular weight is 408 g/mol. The van der Waals surface area contributed by atoms with Crippen LogP contribution in [0.5, 0.6) is 5.75 Å². The quantitative estimate of drug-likeness (QED) is 0.402. The van der Waals surface area contributed by atoms with Crippen molar-refractivity contribution < 1.29 is 19.4 Å². The van der Waals surface area contributed by atoms with Crippen molar-refractivity contribution in [1.29, 1.82) is 0 Å². The van der Waals surface area contributed by atoms with Crippen LogP contribution in [0.15, 0.2) is 48.0 Å². The molecule has 158 valence electrons. The zero-order valence-electron chi connectivity index (χ0n) is 18.1. The Bertz CT molecular complexity index is 992. The van der Waals surface area contributed by atoms with Crippen LogP contribution >= 0.6 is 0 Å². The van der Waals surface area contributed by atoms with Crippen LogP contribution in [0, 0.1) is 13.8 Å². The van der Waals surface area contributed by atoms with Gasteiger partial charge in [0, 0.05) is 12.1 Å². The van der Waals surface area contributed by atoms with E-state index in [9.17, 15) is 14.7 Å². The largest absolute Gasteiger partial charge is 0.507 e. The molecule has 1 aliphatic rings. The molecule has 1 amide bonds. The Morgan fingerprint density at radius 2 is 1.83 bits per heavy atom. The van der Waals surface area contributed by atoms with Gasteiger partial charge in [0.05, 0.1) is 18.2 Å². The summed E-state index contributed by atoms with van der Waals surface area (Å²) in [7, 11) is 0. The van der Waals surface area contributed by atoms with Gasteiger partial charge in [0.2, 0.25) is 0 Å². The molecule has 1 atom stereocenters. The molecule has 2 aromatic rings. The summed E-state index contributed by atoms with van der Waals surface area (Å²) < 4.78 is 5.71. The molecule has 0 aliphatic carbocycles. The smallest absolute Gasteiger partial charge is 0.295 e. The van der Waals surface area contributed by atoms with E-state index in [0.29, 0.717) is 18.7 Å². The third-order valence-corrected chi connectivity index (χ3v) is 5.27. The van der Waals surface area contributed by atoms with E-state index >= 15 is 0 Å². The highest BCUT2D eigenvalue weighted by atomic mass is 16.5. The predicted molar refractivity (Wildman–Crippen MR) is 117 cm³/mol. The molecule has 2 aromatic carbocycles. The molecule has 30 heavy (non-hydrogen) atoms. The summed E-state index contributed by atoms with van der Waals surface area (Å²) in [6.45, 7) is 8.93. The van der Waals surface area contributed by atoms with Gasteiger partial charge < -0.3 is 14.7 Å². The first-order valence-electron chi connectivity index (χ1n) is 10.5. The number of hydrogen-bond donors (Lipinski definition) is 1. The second-order valence-corrected chi connectivity index (χ2v) is 7.74. The van der Waals surface area contributed by atoms with Crippen LogP contribution in [-0.2, 0) is 9.59 Å². The number of carbonyl (C=O) groups is 2. The molecule has 1 heterocycles. The second kappa shape index (κ2) is 9.16. The Morgan fingerprint density at radius 1 is 1.07 bits per heavy atom. The fourth-order valence-corrected chi connectivity index (χ4v) is 3.86. The Balaban J connectivity index is 2.12. The lowest BCUT2D eigenvalue weighted by Crippen LogP contribution is -2.30. The number of amides is 1.